The minimum atomic E-state index is -0.978. The topological polar surface area (TPSA) is 79.5 Å². The van der Waals surface area contributed by atoms with Gasteiger partial charge < -0.3 is 15.7 Å². The van der Waals surface area contributed by atoms with Crippen LogP contribution in [0.1, 0.15) is 37.6 Å². The number of pyridine rings is 1. The lowest BCUT2D eigenvalue weighted by Gasteiger charge is -2.27. The van der Waals surface area contributed by atoms with E-state index in [-0.39, 0.29) is 11.0 Å². The van der Waals surface area contributed by atoms with E-state index in [0.717, 1.165) is 19.5 Å². The van der Waals surface area contributed by atoms with E-state index in [9.17, 15) is 9.90 Å². The fraction of sp³-hybridized carbons (Fsp3) is 0.571. The minimum absolute atomic E-state index is 0.189. The Morgan fingerprint density at radius 1 is 1.53 bits per heavy atom. The van der Waals surface area contributed by atoms with Crippen molar-refractivity contribution in [3.05, 3.63) is 17.8 Å². The molecule has 0 radical (unpaired) electrons. The number of aromatic carboxylic acids is 1. The molecule has 19 heavy (non-hydrogen) atoms. The Kier molecular flexibility index (Phi) is 3.39. The van der Waals surface area contributed by atoms with E-state index in [1.165, 1.54) is 12.3 Å². The molecule has 1 saturated heterocycles. The lowest BCUT2D eigenvalue weighted by molar-refractivity contribution is 0.0697. The molecule has 0 saturated carbocycles. The predicted octanol–water partition coefficient (Wildman–Crippen LogP) is 2.23. The highest BCUT2D eigenvalue weighted by atomic mass is 16.4. The molecule has 0 aliphatic carbocycles. The first-order chi connectivity index (χ1) is 8.79. The van der Waals surface area contributed by atoms with E-state index in [1.54, 1.807) is 0 Å². The van der Waals surface area contributed by atoms with Crippen molar-refractivity contribution in [2.24, 2.45) is 11.3 Å². The van der Waals surface area contributed by atoms with Crippen molar-refractivity contribution in [2.45, 2.75) is 27.2 Å². The van der Waals surface area contributed by atoms with Crippen molar-refractivity contribution in [2.75, 3.05) is 23.7 Å². The molecule has 2 heterocycles. The number of anilines is 2. The van der Waals surface area contributed by atoms with Crippen LogP contribution in [0.3, 0.4) is 0 Å². The van der Waals surface area contributed by atoms with Crippen LogP contribution in [0.25, 0.3) is 0 Å². The summed E-state index contributed by atoms with van der Waals surface area (Å²) in [4.78, 5) is 17.6. The van der Waals surface area contributed by atoms with Gasteiger partial charge in [0.15, 0.2) is 0 Å². The molecule has 1 aromatic rings. The standard InChI is InChI=1S/C14H21N3O2/c1-14(2,3)9-4-5-17(8-9)12-11(13(18)19)6-10(15)7-16-12/h6-7,9H,4-5,8,15H2,1-3H3,(H,18,19). The van der Waals surface area contributed by atoms with Gasteiger partial charge in [0, 0.05) is 13.1 Å². The van der Waals surface area contributed by atoms with Gasteiger partial charge in [-0.25, -0.2) is 9.78 Å². The molecule has 104 valence electrons. The monoisotopic (exact) mass is 263 g/mol. The summed E-state index contributed by atoms with van der Waals surface area (Å²) >= 11 is 0. The van der Waals surface area contributed by atoms with Crippen molar-refractivity contribution >= 4 is 17.5 Å². The number of nitrogens with zero attached hydrogens (tertiary/aromatic N) is 2. The third kappa shape index (κ3) is 2.80. The highest BCUT2D eigenvalue weighted by Crippen LogP contribution is 2.36. The summed E-state index contributed by atoms with van der Waals surface area (Å²) in [6.07, 6.45) is 2.58. The molecule has 0 bridgehead atoms. The summed E-state index contributed by atoms with van der Waals surface area (Å²) in [7, 11) is 0. The van der Waals surface area contributed by atoms with Crippen LogP contribution < -0.4 is 10.6 Å². The SMILES string of the molecule is CC(C)(C)C1CCN(c2ncc(N)cc2C(=O)O)C1. The normalized spacial score (nSPS) is 19.7. The summed E-state index contributed by atoms with van der Waals surface area (Å²) < 4.78 is 0. The Morgan fingerprint density at radius 2 is 2.21 bits per heavy atom. The summed E-state index contributed by atoms with van der Waals surface area (Å²) in [5, 5.41) is 9.25. The molecular formula is C14H21N3O2. The number of carboxylic acid groups (broad SMARTS) is 1. The van der Waals surface area contributed by atoms with Crippen molar-refractivity contribution < 1.29 is 9.90 Å². The van der Waals surface area contributed by atoms with Gasteiger partial charge in [-0.15, -0.1) is 0 Å². The summed E-state index contributed by atoms with van der Waals surface area (Å²) in [5.41, 5.74) is 6.42. The number of hydrogen-bond donors (Lipinski definition) is 2. The number of hydrogen-bond acceptors (Lipinski definition) is 4. The molecule has 1 unspecified atom stereocenters. The van der Waals surface area contributed by atoms with Gasteiger partial charge in [-0.2, -0.15) is 0 Å². The smallest absolute Gasteiger partial charge is 0.339 e. The molecule has 0 aromatic carbocycles. The fourth-order valence-electron chi connectivity index (χ4n) is 2.54. The number of nitrogens with two attached hydrogens (primary N) is 1. The van der Waals surface area contributed by atoms with Gasteiger partial charge in [-0.3, -0.25) is 0 Å². The van der Waals surface area contributed by atoms with E-state index in [2.05, 4.69) is 30.7 Å². The van der Waals surface area contributed by atoms with E-state index in [1.807, 2.05) is 0 Å². The van der Waals surface area contributed by atoms with Gasteiger partial charge >= 0.3 is 5.97 Å². The van der Waals surface area contributed by atoms with E-state index < -0.39 is 5.97 Å². The maximum Gasteiger partial charge on any atom is 0.339 e. The van der Waals surface area contributed by atoms with Crippen LogP contribution in [0.15, 0.2) is 12.3 Å². The van der Waals surface area contributed by atoms with Crippen LogP contribution in [0.4, 0.5) is 11.5 Å². The molecule has 1 atom stereocenters. The van der Waals surface area contributed by atoms with Gasteiger partial charge in [-0.05, 0) is 23.8 Å². The number of nitrogen functional groups attached to an aromatic ring is 1. The largest absolute Gasteiger partial charge is 0.478 e. The van der Waals surface area contributed by atoms with Crippen LogP contribution >= 0.6 is 0 Å². The Balaban J connectivity index is 2.27. The second kappa shape index (κ2) is 4.72. The second-order valence-corrected chi connectivity index (χ2v) is 6.24. The van der Waals surface area contributed by atoms with Crippen molar-refractivity contribution in [1.82, 2.24) is 4.98 Å². The summed E-state index contributed by atoms with van der Waals surface area (Å²) in [5.74, 6) is 0.107. The Bertz CT molecular complexity index is 494. The molecule has 1 fully saturated rings. The zero-order valence-corrected chi connectivity index (χ0v) is 11.7. The zero-order chi connectivity index (χ0) is 14.2. The number of rotatable bonds is 2. The molecule has 1 aromatic heterocycles. The average Bonchev–Trinajstić information content (AvgIpc) is 2.77. The first-order valence-corrected chi connectivity index (χ1v) is 6.53. The van der Waals surface area contributed by atoms with E-state index in [4.69, 9.17) is 5.73 Å². The molecule has 2 rings (SSSR count). The zero-order valence-electron chi connectivity index (χ0n) is 11.7. The van der Waals surface area contributed by atoms with E-state index >= 15 is 0 Å². The predicted molar refractivity (Wildman–Crippen MR) is 75.4 cm³/mol. The quantitative estimate of drug-likeness (QED) is 0.855. The van der Waals surface area contributed by atoms with Crippen LogP contribution in [-0.4, -0.2) is 29.1 Å². The van der Waals surface area contributed by atoms with Gasteiger partial charge in [0.25, 0.3) is 0 Å². The summed E-state index contributed by atoms with van der Waals surface area (Å²) in [6.45, 7) is 8.35. The molecule has 0 spiro atoms. The molecule has 1 aliphatic heterocycles. The second-order valence-electron chi connectivity index (χ2n) is 6.24. The average molecular weight is 263 g/mol. The van der Waals surface area contributed by atoms with Gasteiger partial charge in [-0.1, -0.05) is 20.8 Å². The van der Waals surface area contributed by atoms with Crippen LogP contribution in [0.5, 0.6) is 0 Å². The molecule has 0 amide bonds. The fourth-order valence-corrected chi connectivity index (χ4v) is 2.54. The summed E-state index contributed by atoms with van der Waals surface area (Å²) in [6, 6.07) is 1.48. The van der Waals surface area contributed by atoms with Crippen LogP contribution in [0.2, 0.25) is 0 Å². The first-order valence-electron chi connectivity index (χ1n) is 6.53. The number of carboxylic acids is 1. The van der Waals surface area contributed by atoms with Gasteiger partial charge in [0.1, 0.15) is 11.4 Å². The highest BCUT2D eigenvalue weighted by molar-refractivity contribution is 5.94. The van der Waals surface area contributed by atoms with Crippen LogP contribution in [0, 0.1) is 11.3 Å². The maximum atomic E-state index is 11.3. The van der Waals surface area contributed by atoms with Gasteiger partial charge in [0.2, 0.25) is 0 Å². The molecule has 5 nitrogen and oxygen atoms in total. The maximum absolute atomic E-state index is 11.3. The van der Waals surface area contributed by atoms with Crippen molar-refractivity contribution in [1.29, 1.82) is 0 Å². The van der Waals surface area contributed by atoms with E-state index in [0.29, 0.717) is 17.4 Å². The third-order valence-electron chi connectivity index (χ3n) is 3.83. The molecule has 3 N–H and O–H groups in total. The minimum Gasteiger partial charge on any atom is -0.478 e. The Labute approximate surface area is 113 Å². The molecular weight excluding hydrogens is 242 g/mol. The number of carbonyl (C=O) groups is 1. The number of aromatic nitrogens is 1. The third-order valence-corrected chi connectivity index (χ3v) is 3.83. The van der Waals surface area contributed by atoms with Crippen molar-refractivity contribution in [3.63, 3.8) is 0 Å². The Morgan fingerprint density at radius 3 is 2.74 bits per heavy atom. The molecule has 1 aliphatic rings. The Hall–Kier alpha value is -1.78. The van der Waals surface area contributed by atoms with Crippen molar-refractivity contribution in [3.8, 4) is 0 Å². The van der Waals surface area contributed by atoms with Crippen LogP contribution in [-0.2, 0) is 0 Å². The lowest BCUT2D eigenvalue weighted by atomic mass is 9.80. The lowest BCUT2D eigenvalue weighted by Crippen LogP contribution is -2.27. The first kappa shape index (κ1) is 13.6. The highest BCUT2D eigenvalue weighted by Gasteiger charge is 2.33. The van der Waals surface area contributed by atoms with Gasteiger partial charge in [0.05, 0.1) is 11.9 Å². The molecule has 5 heteroatoms.